The van der Waals surface area contributed by atoms with E-state index in [0.717, 1.165) is 0 Å². The van der Waals surface area contributed by atoms with Crippen molar-refractivity contribution in [1.82, 2.24) is 0 Å². The fourth-order valence-electron chi connectivity index (χ4n) is 1.12. The van der Waals surface area contributed by atoms with Gasteiger partial charge in [0.2, 0.25) is 0 Å². The van der Waals surface area contributed by atoms with Crippen molar-refractivity contribution in [3.63, 3.8) is 0 Å². The van der Waals surface area contributed by atoms with Crippen molar-refractivity contribution >= 4 is 5.97 Å². The normalized spacial score (nSPS) is 25.2. The summed E-state index contributed by atoms with van der Waals surface area (Å²) in [7, 11) is 0. The molecule has 0 amide bonds. The Morgan fingerprint density at radius 3 is 3.29 bits per heavy atom. The van der Waals surface area contributed by atoms with Crippen LogP contribution >= 0.6 is 0 Å². The number of carbonyl (C=O) groups is 1. The molecule has 0 aromatic carbocycles. The molecule has 6 heteroatoms. The smallest absolute Gasteiger partial charge is 0.302 e. The SMILES string of the molecule is CC(=O)OC[C@H]1OCC=C[C@H]1N=[N+]=[N-]. The fraction of sp³-hybridized carbons (Fsp3) is 0.625. The molecule has 2 atom stereocenters. The molecule has 0 saturated heterocycles. The Morgan fingerprint density at radius 1 is 1.86 bits per heavy atom. The molecule has 1 aliphatic rings. The van der Waals surface area contributed by atoms with E-state index in [1.807, 2.05) is 0 Å². The molecule has 0 unspecified atom stereocenters. The van der Waals surface area contributed by atoms with E-state index in [1.165, 1.54) is 6.92 Å². The zero-order valence-corrected chi connectivity index (χ0v) is 7.79. The summed E-state index contributed by atoms with van der Waals surface area (Å²) in [4.78, 5) is 13.2. The predicted octanol–water partition coefficient (Wildman–Crippen LogP) is 1.18. The zero-order chi connectivity index (χ0) is 10.4. The van der Waals surface area contributed by atoms with Gasteiger partial charge in [-0.3, -0.25) is 4.79 Å². The Kier molecular flexibility index (Phi) is 3.97. The summed E-state index contributed by atoms with van der Waals surface area (Å²) in [6.45, 7) is 1.88. The lowest BCUT2D eigenvalue weighted by atomic mass is 10.1. The van der Waals surface area contributed by atoms with Crippen molar-refractivity contribution in [2.75, 3.05) is 13.2 Å². The molecular formula is C8H11N3O3. The first-order valence-corrected chi connectivity index (χ1v) is 4.20. The van der Waals surface area contributed by atoms with E-state index in [0.29, 0.717) is 6.61 Å². The monoisotopic (exact) mass is 197 g/mol. The quantitative estimate of drug-likeness (QED) is 0.224. The molecule has 0 bridgehead atoms. The third kappa shape index (κ3) is 3.08. The minimum Gasteiger partial charge on any atom is -0.463 e. The van der Waals surface area contributed by atoms with Crippen LogP contribution in [0.4, 0.5) is 0 Å². The molecule has 1 aliphatic heterocycles. The second-order valence-electron chi connectivity index (χ2n) is 2.80. The van der Waals surface area contributed by atoms with E-state index in [2.05, 4.69) is 10.0 Å². The summed E-state index contributed by atoms with van der Waals surface area (Å²) >= 11 is 0. The number of hydrogen-bond donors (Lipinski definition) is 0. The Morgan fingerprint density at radius 2 is 2.64 bits per heavy atom. The summed E-state index contributed by atoms with van der Waals surface area (Å²) in [6.07, 6.45) is 3.14. The summed E-state index contributed by atoms with van der Waals surface area (Å²) < 4.78 is 10.0. The van der Waals surface area contributed by atoms with Crippen LogP contribution in [0.15, 0.2) is 17.3 Å². The number of esters is 1. The first-order chi connectivity index (χ1) is 6.74. The van der Waals surface area contributed by atoms with Gasteiger partial charge in [0.15, 0.2) is 0 Å². The second-order valence-corrected chi connectivity index (χ2v) is 2.80. The number of ether oxygens (including phenoxy) is 2. The summed E-state index contributed by atoms with van der Waals surface area (Å²) in [5.74, 6) is -0.372. The molecule has 0 saturated carbocycles. The third-order valence-electron chi connectivity index (χ3n) is 1.76. The van der Waals surface area contributed by atoms with E-state index in [1.54, 1.807) is 12.2 Å². The van der Waals surface area contributed by atoms with Gasteiger partial charge in [0, 0.05) is 11.8 Å². The van der Waals surface area contributed by atoms with Crippen molar-refractivity contribution in [3.8, 4) is 0 Å². The van der Waals surface area contributed by atoms with Gasteiger partial charge >= 0.3 is 5.97 Å². The van der Waals surface area contributed by atoms with E-state index in [4.69, 9.17) is 15.0 Å². The van der Waals surface area contributed by atoms with Crippen LogP contribution in [0.5, 0.6) is 0 Å². The molecule has 0 aromatic rings. The van der Waals surface area contributed by atoms with Gasteiger partial charge in [0.05, 0.1) is 12.6 Å². The van der Waals surface area contributed by atoms with Crippen LogP contribution in [-0.2, 0) is 14.3 Å². The largest absolute Gasteiger partial charge is 0.463 e. The lowest BCUT2D eigenvalue weighted by molar-refractivity contribution is -0.145. The Labute approximate surface area is 81.1 Å². The zero-order valence-electron chi connectivity index (χ0n) is 7.79. The number of nitrogens with zero attached hydrogens (tertiary/aromatic N) is 3. The van der Waals surface area contributed by atoms with Crippen LogP contribution in [0.25, 0.3) is 10.4 Å². The lowest BCUT2D eigenvalue weighted by Gasteiger charge is -2.23. The summed E-state index contributed by atoms with van der Waals surface area (Å²) in [6, 6.07) is -0.395. The third-order valence-corrected chi connectivity index (χ3v) is 1.76. The number of rotatable bonds is 3. The van der Waals surface area contributed by atoms with Gasteiger partial charge in [-0.2, -0.15) is 0 Å². The number of carbonyl (C=O) groups excluding carboxylic acids is 1. The van der Waals surface area contributed by atoms with Gasteiger partial charge in [-0.05, 0) is 5.53 Å². The first kappa shape index (κ1) is 10.6. The van der Waals surface area contributed by atoms with Gasteiger partial charge < -0.3 is 9.47 Å². The van der Waals surface area contributed by atoms with Crippen LogP contribution in [-0.4, -0.2) is 31.3 Å². The van der Waals surface area contributed by atoms with Crippen LogP contribution in [0.1, 0.15) is 6.92 Å². The molecule has 1 heterocycles. The number of azide groups is 1. The van der Waals surface area contributed by atoms with Crippen molar-refractivity contribution in [3.05, 3.63) is 22.6 Å². The average Bonchev–Trinajstić information content (AvgIpc) is 2.17. The molecule has 0 aliphatic carbocycles. The van der Waals surface area contributed by atoms with Crippen LogP contribution in [0.3, 0.4) is 0 Å². The molecule has 14 heavy (non-hydrogen) atoms. The van der Waals surface area contributed by atoms with Gasteiger partial charge in [-0.25, -0.2) is 0 Å². The molecule has 6 nitrogen and oxygen atoms in total. The van der Waals surface area contributed by atoms with Crippen molar-refractivity contribution in [1.29, 1.82) is 0 Å². The summed E-state index contributed by atoms with van der Waals surface area (Å²) in [5.41, 5.74) is 8.27. The Hall–Kier alpha value is -1.52. The molecule has 0 spiro atoms. The Balaban J connectivity index is 2.52. The summed E-state index contributed by atoms with van der Waals surface area (Å²) in [5, 5.41) is 3.52. The van der Waals surface area contributed by atoms with Gasteiger partial charge in [-0.1, -0.05) is 17.3 Å². The molecule has 0 radical (unpaired) electrons. The van der Waals surface area contributed by atoms with Crippen LogP contribution < -0.4 is 0 Å². The van der Waals surface area contributed by atoms with Crippen molar-refractivity contribution in [2.45, 2.75) is 19.1 Å². The minimum atomic E-state index is -0.395. The molecular weight excluding hydrogens is 186 g/mol. The second kappa shape index (κ2) is 5.26. The minimum absolute atomic E-state index is 0.114. The Bertz CT molecular complexity index is 284. The highest BCUT2D eigenvalue weighted by atomic mass is 16.6. The highest BCUT2D eigenvalue weighted by Gasteiger charge is 2.22. The van der Waals surface area contributed by atoms with E-state index in [9.17, 15) is 4.79 Å². The molecule has 0 N–H and O–H groups in total. The average molecular weight is 197 g/mol. The van der Waals surface area contributed by atoms with Gasteiger partial charge in [0.25, 0.3) is 0 Å². The highest BCUT2D eigenvalue weighted by Crippen LogP contribution is 2.12. The van der Waals surface area contributed by atoms with Crippen molar-refractivity contribution in [2.24, 2.45) is 5.11 Å². The van der Waals surface area contributed by atoms with Crippen LogP contribution in [0.2, 0.25) is 0 Å². The molecule has 0 fully saturated rings. The molecule has 76 valence electrons. The van der Waals surface area contributed by atoms with Gasteiger partial charge in [-0.15, -0.1) is 0 Å². The van der Waals surface area contributed by atoms with E-state index >= 15 is 0 Å². The molecule has 0 aromatic heterocycles. The number of hydrogen-bond acceptors (Lipinski definition) is 4. The van der Waals surface area contributed by atoms with Crippen molar-refractivity contribution < 1.29 is 14.3 Å². The van der Waals surface area contributed by atoms with E-state index in [-0.39, 0.29) is 18.7 Å². The van der Waals surface area contributed by atoms with Crippen LogP contribution in [0, 0.1) is 0 Å². The maximum Gasteiger partial charge on any atom is 0.302 e. The predicted molar refractivity (Wildman–Crippen MR) is 48.4 cm³/mol. The molecule has 1 rings (SSSR count). The lowest BCUT2D eigenvalue weighted by Crippen LogP contribution is -2.34. The van der Waals surface area contributed by atoms with E-state index < -0.39 is 6.04 Å². The highest BCUT2D eigenvalue weighted by molar-refractivity contribution is 5.65. The topological polar surface area (TPSA) is 84.3 Å². The maximum atomic E-state index is 10.6. The maximum absolute atomic E-state index is 10.6. The first-order valence-electron chi connectivity index (χ1n) is 4.20. The standard InChI is InChI=1S/C8H11N3O3/c1-6(12)14-5-8-7(10-11-9)3-2-4-13-8/h2-3,7-8H,4-5H2,1H3/t7-,8-/m1/s1. The van der Waals surface area contributed by atoms with Gasteiger partial charge in [0.1, 0.15) is 12.7 Å². The fourth-order valence-corrected chi connectivity index (χ4v) is 1.12.